The molecule has 3 aromatic rings. The highest BCUT2D eigenvalue weighted by Gasteiger charge is 2.24. The lowest BCUT2D eigenvalue weighted by Crippen LogP contribution is -2.40. The van der Waals surface area contributed by atoms with Crippen molar-refractivity contribution in [2.75, 3.05) is 6.61 Å². The van der Waals surface area contributed by atoms with Crippen LogP contribution >= 0.6 is 0 Å². The van der Waals surface area contributed by atoms with Crippen LogP contribution in [0.4, 0.5) is 0 Å². The van der Waals surface area contributed by atoms with Crippen molar-refractivity contribution in [2.45, 2.75) is 53.6 Å². The molecule has 0 saturated carbocycles. The van der Waals surface area contributed by atoms with Crippen molar-refractivity contribution < 1.29 is 9.53 Å². The Morgan fingerprint density at radius 3 is 2.40 bits per heavy atom. The third-order valence-corrected chi connectivity index (χ3v) is 5.12. The average Bonchev–Trinajstić information content (AvgIpc) is 3.13. The first kappa shape index (κ1) is 21.5. The number of carbonyl (C=O) groups excluding carboxylic acids is 1. The van der Waals surface area contributed by atoms with Gasteiger partial charge in [0.2, 0.25) is 0 Å². The third-order valence-electron chi connectivity index (χ3n) is 5.12. The van der Waals surface area contributed by atoms with E-state index in [1.165, 1.54) is 20.0 Å². The van der Waals surface area contributed by atoms with Crippen molar-refractivity contribution in [1.82, 2.24) is 18.7 Å². The van der Waals surface area contributed by atoms with Crippen molar-refractivity contribution in [3.8, 4) is 5.69 Å². The summed E-state index contributed by atoms with van der Waals surface area (Å²) in [5.74, 6) is -0.138. The highest BCUT2D eigenvalue weighted by molar-refractivity contribution is 5.79. The number of hydrogen-bond acceptors (Lipinski definition) is 5. The monoisotopic (exact) mass is 412 g/mol. The molecule has 2 heterocycles. The van der Waals surface area contributed by atoms with E-state index in [2.05, 4.69) is 4.98 Å². The van der Waals surface area contributed by atoms with Gasteiger partial charge < -0.3 is 9.30 Å². The molecule has 8 heteroatoms. The molecule has 0 N–H and O–H groups in total. The van der Waals surface area contributed by atoms with Crippen LogP contribution in [-0.2, 0) is 16.1 Å². The zero-order valence-corrected chi connectivity index (χ0v) is 18.1. The van der Waals surface area contributed by atoms with Gasteiger partial charge in [-0.25, -0.2) is 19.1 Å². The third kappa shape index (κ3) is 3.94. The highest BCUT2D eigenvalue weighted by atomic mass is 16.5. The summed E-state index contributed by atoms with van der Waals surface area (Å²) in [6, 6.07) is 6.69. The number of benzene rings is 1. The zero-order valence-electron chi connectivity index (χ0n) is 18.1. The SMILES string of the molecule is CCOC(=O)C(C)n1cnc2c1c(=O)n(CCC(C)C)c(=O)n2-c1ccc(C)cc1. The summed E-state index contributed by atoms with van der Waals surface area (Å²) in [7, 11) is 0. The van der Waals surface area contributed by atoms with E-state index in [-0.39, 0.29) is 24.3 Å². The first-order valence-electron chi connectivity index (χ1n) is 10.2. The summed E-state index contributed by atoms with van der Waals surface area (Å²) in [5, 5.41) is 0. The fraction of sp³-hybridized carbons (Fsp3) is 0.455. The number of nitrogens with zero attached hydrogens (tertiary/aromatic N) is 4. The number of imidazole rings is 1. The van der Waals surface area contributed by atoms with Crippen LogP contribution < -0.4 is 11.2 Å². The zero-order chi connectivity index (χ0) is 22.0. The Hall–Kier alpha value is -3.16. The predicted octanol–water partition coefficient (Wildman–Crippen LogP) is 2.83. The van der Waals surface area contributed by atoms with Gasteiger partial charge in [-0.2, -0.15) is 0 Å². The van der Waals surface area contributed by atoms with Gasteiger partial charge in [0, 0.05) is 6.54 Å². The van der Waals surface area contributed by atoms with Crippen LogP contribution in [-0.4, -0.2) is 31.3 Å². The van der Waals surface area contributed by atoms with Gasteiger partial charge in [0.1, 0.15) is 6.04 Å². The Bertz CT molecular complexity index is 1170. The quantitative estimate of drug-likeness (QED) is 0.557. The van der Waals surface area contributed by atoms with Crippen LogP contribution in [0, 0.1) is 12.8 Å². The fourth-order valence-corrected chi connectivity index (χ4v) is 3.33. The Morgan fingerprint density at radius 2 is 1.80 bits per heavy atom. The topological polar surface area (TPSA) is 88.1 Å². The minimum atomic E-state index is -0.745. The van der Waals surface area contributed by atoms with Crippen LogP contribution in [0.25, 0.3) is 16.9 Å². The summed E-state index contributed by atoms with van der Waals surface area (Å²) in [4.78, 5) is 43.3. The van der Waals surface area contributed by atoms with E-state index in [1.54, 1.807) is 13.8 Å². The summed E-state index contributed by atoms with van der Waals surface area (Å²) in [6.07, 6.45) is 2.10. The molecule has 0 aliphatic rings. The van der Waals surface area contributed by atoms with E-state index in [0.29, 0.717) is 18.0 Å². The van der Waals surface area contributed by atoms with E-state index < -0.39 is 23.3 Å². The van der Waals surface area contributed by atoms with E-state index in [9.17, 15) is 14.4 Å². The first-order valence-corrected chi connectivity index (χ1v) is 10.2. The molecule has 3 rings (SSSR count). The number of ether oxygens (including phenoxy) is 1. The maximum Gasteiger partial charge on any atom is 0.337 e. The molecule has 0 aliphatic carbocycles. The van der Waals surface area contributed by atoms with Crippen molar-refractivity contribution in [2.24, 2.45) is 5.92 Å². The molecule has 0 amide bonds. The summed E-state index contributed by atoms with van der Waals surface area (Å²) >= 11 is 0. The second-order valence-corrected chi connectivity index (χ2v) is 7.84. The summed E-state index contributed by atoms with van der Waals surface area (Å²) in [6.45, 7) is 9.94. The standard InChI is InChI=1S/C22H28N4O4/c1-6-30-21(28)16(5)25-13-23-19-18(25)20(27)24(12-11-14(2)3)22(29)26(19)17-9-7-15(4)8-10-17/h7-10,13-14,16H,6,11-12H2,1-5H3. The summed E-state index contributed by atoms with van der Waals surface area (Å²) < 4.78 is 9.27. The Balaban J connectivity index is 2.31. The number of esters is 1. The van der Waals surface area contributed by atoms with Crippen LogP contribution in [0.2, 0.25) is 0 Å². The number of hydrogen-bond donors (Lipinski definition) is 0. The lowest BCUT2D eigenvalue weighted by molar-refractivity contribution is -0.146. The molecule has 160 valence electrons. The van der Waals surface area contributed by atoms with Gasteiger partial charge in [0.15, 0.2) is 11.2 Å². The molecule has 0 aliphatic heterocycles. The lowest BCUT2D eigenvalue weighted by Gasteiger charge is -2.16. The van der Waals surface area contributed by atoms with E-state index in [1.807, 2.05) is 45.0 Å². The number of aromatic nitrogens is 4. The fourth-order valence-electron chi connectivity index (χ4n) is 3.33. The molecule has 1 atom stereocenters. The molecule has 0 saturated heterocycles. The van der Waals surface area contributed by atoms with Gasteiger partial charge in [-0.15, -0.1) is 0 Å². The second kappa shape index (κ2) is 8.69. The number of aryl methyl sites for hydroxylation is 1. The van der Waals surface area contributed by atoms with Crippen LogP contribution in [0.15, 0.2) is 40.2 Å². The molecule has 0 bridgehead atoms. The van der Waals surface area contributed by atoms with Gasteiger partial charge in [0.05, 0.1) is 18.6 Å². The molecule has 30 heavy (non-hydrogen) atoms. The maximum atomic E-state index is 13.3. The average molecular weight is 412 g/mol. The summed E-state index contributed by atoms with van der Waals surface area (Å²) in [5.41, 5.74) is 1.21. The highest BCUT2D eigenvalue weighted by Crippen LogP contribution is 2.18. The van der Waals surface area contributed by atoms with Crippen molar-refractivity contribution in [1.29, 1.82) is 0 Å². The number of rotatable bonds is 7. The minimum Gasteiger partial charge on any atom is -0.464 e. The number of fused-ring (bicyclic) bond motifs is 1. The van der Waals surface area contributed by atoms with E-state index in [0.717, 1.165) is 5.56 Å². The first-order chi connectivity index (χ1) is 14.3. The molecule has 8 nitrogen and oxygen atoms in total. The molecular weight excluding hydrogens is 384 g/mol. The van der Waals surface area contributed by atoms with Gasteiger partial charge >= 0.3 is 11.7 Å². The predicted molar refractivity (Wildman–Crippen MR) is 115 cm³/mol. The van der Waals surface area contributed by atoms with Crippen molar-refractivity contribution >= 4 is 17.1 Å². The molecule has 1 aromatic carbocycles. The van der Waals surface area contributed by atoms with E-state index >= 15 is 0 Å². The smallest absolute Gasteiger partial charge is 0.337 e. The molecule has 0 radical (unpaired) electrons. The largest absolute Gasteiger partial charge is 0.464 e. The van der Waals surface area contributed by atoms with Crippen molar-refractivity contribution in [3.05, 3.63) is 57.0 Å². The molecule has 0 fully saturated rings. The van der Waals surface area contributed by atoms with Crippen molar-refractivity contribution in [3.63, 3.8) is 0 Å². The van der Waals surface area contributed by atoms with Gasteiger partial charge in [-0.3, -0.25) is 9.36 Å². The minimum absolute atomic E-state index is 0.208. The Kier molecular flexibility index (Phi) is 6.24. The van der Waals surface area contributed by atoms with Crippen LogP contribution in [0.5, 0.6) is 0 Å². The lowest BCUT2D eigenvalue weighted by atomic mass is 10.1. The van der Waals surface area contributed by atoms with Gasteiger partial charge in [-0.1, -0.05) is 31.5 Å². The second-order valence-electron chi connectivity index (χ2n) is 7.84. The molecule has 2 aromatic heterocycles. The van der Waals surface area contributed by atoms with Crippen LogP contribution in [0.3, 0.4) is 0 Å². The molecule has 0 spiro atoms. The van der Waals surface area contributed by atoms with Crippen LogP contribution in [0.1, 0.15) is 45.7 Å². The number of carbonyl (C=O) groups is 1. The Morgan fingerprint density at radius 1 is 1.13 bits per heavy atom. The maximum absolute atomic E-state index is 13.3. The van der Waals surface area contributed by atoms with Gasteiger partial charge in [-0.05, 0) is 45.2 Å². The van der Waals surface area contributed by atoms with E-state index in [4.69, 9.17) is 4.74 Å². The molecular formula is C22H28N4O4. The van der Waals surface area contributed by atoms with Gasteiger partial charge in [0.25, 0.3) is 5.56 Å². The Labute approximate surface area is 174 Å². The normalized spacial score (nSPS) is 12.5. The molecule has 1 unspecified atom stereocenters.